The molecule has 0 aliphatic heterocycles. The lowest BCUT2D eigenvalue weighted by Crippen LogP contribution is -2.41. The molecule has 4 fully saturated rings. The summed E-state index contributed by atoms with van der Waals surface area (Å²) < 4.78 is 9.35. The summed E-state index contributed by atoms with van der Waals surface area (Å²) in [5, 5.41) is 20.3. The average Bonchev–Trinajstić information content (AvgIpc) is 3.46. The van der Waals surface area contributed by atoms with Crippen LogP contribution in [0.15, 0.2) is 12.2 Å². The first-order valence-corrected chi connectivity index (χ1v) is 11.1. The van der Waals surface area contributed by atoms with E-state index in [9.17, 15) is 15.0 Å². The van der Waals surface area contributed by atoms with Crippen LogP contribution in [0.3, 0.4) is 0 Å². The van der Waals surface area contributed by atoms with Crippen LogP contribution in [0.2, 0.25) is 0 Å². The number of aliphatic hydroxyl groups is 2. The summed E-state index contributed by atoms with van der Waals surface area (Å²) in [6.45, 7) is 7.72. The summed E-state index contributed by atoms with van der Waals surface area (Å²) in [4.78, 5) is 10.6. The minimum Gasteiger partial charge on any atom is -0.460 e. The molecule has 4 aliphatic rings. The van der Waals surface area contributed by atoms with Crippen LogP contribution in [0.1, 0.15) is 52.4 Å². The highest BCUT2D eigenvalue weighted by molar-refractivity contribution is 5.86. The smallest absolute Gasteiger partial charge is 0.333 e. The van der Waals surface area contributed by atoms with Gasteiger partial charge in [-0.05, 0) is 86.9 Å². The molecule has 9 unspecified atom stereocenters. The molecule has 0 radical (unpaired) electrons. The fourth-order valence-electron chi connectivity index (χ4n) is 6.88. The lowest BCUT2D eigenvalue weighted by molar-refractivity contribution is -0.140. The van der Waals surface area contributed by atoms with Gasteiger partial charge in [-0.1, -0.05) is 13.5 Å². The Balaban J connectivity index is 0.000000195. The van der Waals surface area contributed by atoms with Crippen molar-refractivity contribution < 1.29 is 24.5 Å². The van der Waals surface area contributed by atoms with Crippen LogP contribution >= 0.6 is 0 Å². The Labute approximate surface area is 169 Å². The molecule has 0 aromatic rings. The van der Waals surface area contributed by atoms with Crippen molar-refractivity contribution in [1.29, 1.82) is 0 Å². The zero-order chi connectivity index (χ0) is 20.4. The van der Waals surface area contributed by atoms with Crippen molar-refractivity contribution >= 4 is 5.97 Å². The standard InChI is InChI=1S/C16H26O2.C7H12O3/c1-2-13(17)16(18)12-7-10-6-11(12)15-9-4-3-8(5-9)14(10)15;1-6(2)7(8)10-5-4-9-3/h8-18H,2-7H2,1H3;1,4-5H2,2-3H3. The molecular weight excluding hydrogens is 356 g/mol. The number of rotatable bonds is 7. The van der Waals surface area contributed by atoms with Crippen molar-refractivity contribution in [3.05, 3.63) is 12.2 Å². The van der Waals surface area contributed by atoms with E-state index in [4.69, 9.17) is 0 Å². The van der Waals surface area contributed by atoms with E-state index in [1.54, 1.807) is 14.0 Å². The second-order valence-electron chi connectivity index (χ2n) is 9.42. The summed E-state index contributed by atoms with van der Waals surface area (Å²) in [5.41, 5.74) is 0.413. The van der Waals surface area contributed by atoms with Gasteiger partial charge < -0.3 is 19.7 Å². The highest BCUT2D eigenvalue weighted by atomic mass is 16.6. The minimum absolute atomic E-state index is 0.294. The van der Waals surface area contributed by atoms with Gasteiger partial charge in [-0.2, -0.15) is 0 Å². The molecule has 5 nitrogen and oxygen atoms in total. The molecule has 0 aromatic heterocycles. The van der Waals surface area contributed by atoms with Crippen molar-refractivity contribution in [2.24, 2.45) is 41.4 Å². The van der Waals surface area contributed by atoms with Gasteiger partial charge in [0.25, 0.3) is 0 Å². The number of aliphatic hydroxyl groups excluding tert-OH is 2. The van der Waals surface area contributed by atoms with Crippen LogP contribution in [-0.2, 0) is 14.3 Å². The van der Waals surface area contributed by atoms with E-state index in [0.717, 1.165) is 35.5 Å². The minimum atomic E-state index is -0.494. The van der Waals surface area contributed by atoms with E-state index in [0.29, 0.717) is 31.1 Å². The Morgan fingerprint density at radius 3 is 2.36 bits per heavy atom. The van der Waals surface area contributed by atoms with Crippen molar-refractivity contribution in [1.82, 2.24) is 0 Å². The van der Waals surface area contributed by atoms with Crippen LogP contribution in [0.4, 0.5) is 0 Å². The maximum Gasteiger partial charge on any atom is 0.333 e. The molecule has 2 N–H and O–H groups in total. The third kappa shape index (κ3) is 4.17. The second kappa shape index (κ2) is 9.27. The number of methoxy groups -OCH3 is 1. The Bertz CT molecular complexity index is 561. The third-order valence-electron chi connectivity index (χ3n) is 7.91. The zero-order valence-corrected chi connectivity index (χ0v) is 17.7. The molecule has 4 rings (SSSR count). The predicted molar refractivity (Wildman–Crippen MR) is 107 cm³/mol. The van der Waals surface area contributed by atoms with E-state index in [1.165, 1.54) is 32.1 Å². The fraction of sp³-hybridized carbons (Fsp3) is 0.870. The van der Waals surface area contributed by atoms with E-state index in [-0.39, 0.29) is 5.97 Å². The van der Waals surface area contributed by atoms with Gasteiger partial charge in [-0.25, -0.2) is 4.79 Å². The Morgan fingerprint density at radius 2 is 1.75 bits per heavy atom. The summed E-state index contributed by atoms with van der Waals surface area (Å²) in [6.07, 6.45) is 6.73. The van der Waals surface area contributed by atoms with E-state index in [1.807, 2.05) is 6.92 Å². The molecule has 4 bridgehead atoms. The van der Waals surface area contributed by atoms with Gasteiger partial charge in [-0.3, -0.25) is 0 Å². The van der Waals surface area contributed by atoms with E-state index < -0.39 is 12.2 Å². The highest BCUT2D eigenvalue weighted by Gasteiger charge is 2.63. The van der Waals surface area contributed by atoms with Crippen LogP contribution < -0.4 is 0 Å². The van der Waals surface area contributed by atoms with Crippen molar-refractivity contribution in [3.8, 4) is 0 Å². The predicted octanol–water partition coefficient (Wildman–Crippen LogP) is 3.19. The lowest BCUT2D eigenvalue weighted by atomic mass is 9.66. The van der Waals surface area contributed by atoms with Crippen LogP contribution in [-0.4, -0.2) is 48.7 Å². The quantitative estimate of drug-likeness (QED) is 0.300. The SMILES string of the molecule is C=C(C)C(=O)OCCOC.CCC(O)C(O)C1CC2CC1C1C3CCC(C3)C21. The molecule has 0 saturated heterocycles. The number of hydrogen-bond acceptors (Lipinski definition) is 5. The summed E-state index contributed by atoms with van der Waals surface area (Å²) >= 11 is 0. The topological polar surface area (TPSA) is 76.0 Å². The van der Waals surface area contributed by atoms with Gasteiger partial charge >= 0.3 is 5.97 Å². The van der Waals surface area contributed by atoms with Crippen LogP contribution in [0.25, 0.3) is 0 Å². The van der Waals surface area contributed by atoms with E-state index >= 15 is 0 Å². The lowest BCUT2D eigenvalue weighted by Gasteiger charge is -2.41. The third-order valence-corrected chi connectivity index (χ3v) is 7.91. The van der Waals surface area contributed by atoms with Gasteiger partial charge in [0.2, 0.25) is 0 Å². The zero-order valence-electron chi connectivity index (χ0n) is 17.7. The molecule has 0 heterocycles. The Hall–Kier alpha value is -0.910. The maximum atomic E-state index is 10.6. The molecular formula is C23H38O5. The number of hydrogen-bond donors (Lipinski definition) is 2. The summed E-state index contributed by atoms with van der Waals surface area (Å²) in [6, 6.07) is 0. The molecule has 0 spiro atoms. The molecule has 160 valence electrons. The molecule has 0 amide bonds. The largest absolute Gasteiger partial charge is 0.460 e. The van der Waals surface area contributed by atoms with Crippen molar-refractivity contribution in [3.63, 3.8) is 0 Å². The second-order valence-corrected chi connectivity index (χ2v) is 9.42. The molecule has 9 atom stereocenters. The van der Waals surface area contributed by atoms with E-state index in [2.05, 4.69) is 16.1 Å². The van der Waals surface area contributed by atoms with Gasteiger partial charge in [0.15, 0.2) is 0 Å². The van der Waals surface area contributed by atoms with Crippen molar-refractivity contribution in [2.45, 2.75) is 64.6 Å². The first kappa shape index (κ1) is 21.8. The number of carbonyl (C=O) groups is 1. The average molecular weight is 395 g/mol. The first-order valence-electron chi connectivity index (χ1n) is 11.1. The van der Waals surface area contributed by atoms with Gasteiger partial charge in [-0.15, -0.1) is 0 Å². The number of ether oxygens (including phenoxy) is 2. The molecule has 4 saturated carbocycles. The number of fused-ring (bicyclic) bond motifs is 9. The molecule has 4 aliphatic carbocycles. The normalized spacial score (nSPS) is 39.1. The van der Waals surface area contributed by atoms with Crippen LogP contribution in [0.5, 0.6) is 0 Å². The molecule has 28 heavy (non-hydrogen) atoms. The monoisotopic (exact) mass is 394 g/mol. The summed E-state index contributed by atoms with van der Waals surface area (Å²) in [7, 11) is 1.55. The highest BCUT2D eigenvalue weighted by Crippen LogP contribution is 2.69. The van der Waals surface area contributed by atoms with Gasteiger partial charge in [0.05, 0.1) is 18.8 Å². The van der Waals surface area contributed by atoms with Crippen molar-refractivity contribution in [2.75, 3.05) is 20.3 Å². The molecule has 5 heteroatoms. The fourth-order valence-corrected chi connectivity index (χ4v) is 6.88. The number of esters is 1. The number of carbonyl (C=O) groups excluding carboxylic acids is 1. The Morgan fingerprint density at radius 1 is 1.07 bits per heavy atom. The maximum absolute atomic E-state index is 10.6. The van der Waals surface area contributed by atoms with Crippen LogP contribution in [0, 0.1) is 41.4 Å². The molecule has 0 aromatic carbocycles. The summed E-state index contributed by atoms with van der Waals surface area (Å²) in [5.74, 6) is 5.61. The van der Waals surface area contributed by atoms with Gasteiger partial charge in [0.1, 0.15) is 6.61 Å². The first-order chi connectivity index (χ1) is 13.4. The van der Waals surface area contributed by atoms with Gasteiger partial charge in [0, 0.05) is 12.7 Å². The Kier molecular flexibility index (Phi) is 7.21.